The van der Waals surface area contributed by atoms with Gasteiger partial charge in [0.15, 0.2) is 0 Å². The maximum Gasteiger partial charge on any atom is 0.294 e. The van der Waals surface area contributed by atoms with Gasteiger partial charge < -0.3 is 9.73 Å². The number of hydrogen-bond acceptors (Lipinski definition) is 3. The normalized spacial score (nSPS) is 10.6. The molecule has 0 bridgehead atoms. The second-order valence-corrected chi connectivity index (χ2v) is 2.87. The van der Waals surface area contributed by atoms with E-state index in [2.05, 4.69) is 24.1 Å². The van der Waals surface area contributed by atoms with E-state index in [-0.39, 0.29) is 0 Å². The van der Waals surface area contributed by atoms with Crippen LogP contribution in [0, 0.1) is 6.92 Å². The predicted octanol–water partition coefficient (Wildman–Crippen LogP) is 2.15. The third kappa shape index (κ3) is 1.53. The van der Waals surface area contributed by atoms with Crippen LogP contribution in [-0.2, 0) is 0 Å². The molecule has 1 aromatic heterocycles. The number of rotatable bonds is 2. The van der Waals surface area contributed by atoms with Gasteiger partial charge in [0, 0.05) is 7.05 Å². The Morgan fingerprint density at radius 2 is 2.09 bits per heavy atom. The lowest BCUT2D eigenvalue weighted by atomic mass is 10.1. The molecule has 0 aliphatic carbocycles. The molecule has 1 rings (SSSR count). The Labute approximate surface area is 66.8 Å². The van der Waals surface area contributed by atoms with E-state index in [4.69, 9.17) is 4.42 Å². The largest absolute Gasteiger partial charge is 0.429 e. The summed E-state index contributed by atoms with van der Waals surface area (Å²) >= 11 is 0. The minimum atomic E-state index is 0.431. The highest BCUT2D eigenvalue weighted by Gasteiger charge is 2.10. The number of aromatic nitrogens is 1. The van der Waals surface area contributed by atoms with Gasteiger partial charge in [0.2, 0.25) is 0 Å². The van der Waals surface area contributed by atoms with Crippen LogP contribution in [-0.4, -0.2) is 12.0 Å². The van der Waals surface area contributed by atoms with Crippen LogP contribution >= 0.6 is 0 Å². The Morgan fingerprint density at radius 1 is 1.45 bits per heavy atom. The van der Waals surface area contributed by atoms with Crippen molar-refractivity contribution in [1.82, 2.24) is 4.98 Å². The third-order valence-corrected chi connectivity index (χ3v) is 1.59. The number of aryl methyl sites for hydroxylation is 1. The highest BCUT2D eigenvalue weighted by molar-refractivity contribution is 5.25. The molecule has 0 aromatic carbocycles. The van der Waals surface area contributed by atoms with E-state index in [1.807, 2.05) is 6.92 Å². The molecular weight excluding hydrogens is 140 g/mol. The molecule has 1 heterocycles. The molecule has 0 fully saturated rings. The zero-order chi connectivity index (χ0) is 8.43. The van der Waals surface area contributed by atoms with Gasteiger partial charge in [-0.1, -0.05) is 13.8 Å². The second-order valence-electron chi connectivity index (χ2n) is 2.87. The van der Waals surface area contributed by atoms with Crippen molar-refractivity contribution in [3.63, 3.8) is 0 Å². The lowest BCUT2D eigenvalue weighted by Crippen LogP contribution is -1.91. The molecule has 0 unspecified atom stereocenters. The molecule has 62 valence electrons. The van der Waals surface area contributed by atoms with E-state index in [0.717, 1.165) is 11.5 Å². The van der Waals surface area contributed by atoms with Crippen LogP contribution in [0.3, 0.4) is 0 Å². The first kappa shape index (κ1) is 8.11. The fourth-order valence-corrected chi connectivity index (χ4v) is 1.05. The molecule has 0 spiro atoms. The van der Waals surface area contributed by atoms with Crippen LogP contribution in [0.4, 0.5) is 6.01 Å². The number of hydrogen-bond donors (Lipinski definition) is 1. The maximum absolute atomic E-state index is 5.30. The molecule has 0 radical (unpaired) electrons. The summed E-state index contributed by atoms with van der Waals surface area (Å²) in [6.45, 7) is 6.14. The van der Waals surface area contributed by atoms with E-state index in [9.17, 15) is 0 Å². The van der Waals surface area contributed by atoms with Crippen LogP contribution in [0.1, 0.15) is 31.2 Å². The summed E-state index contributed by atoms with van der Waals surface area (Å²) < 4.78 is 5.30. The quantitative estimate of drug-likeness (QED) is 0.709. The van der Waals surface area contributed by atoms with Crippen molar-refractivity contribution in [3.8, 4) is 0 Å². The molecule has 0 aliphatic rings. The van der Waals surface area contributed by atoms with Crippen LogP contribution in [0.25, 0.3) is 0 Å². The van der Waals surface area contributed by atoms with Gasteiger partial charge in [-0.3, -0.25) is 0 Å². The number of oxazole rings is 1. The smallest absolute Gasteiger partial charge is 0.294 e. The lowest BCUT2D eigenvalue weighted by Gasteiger charge is -1.97. The zero-order valence-electron chi connectivity index (χ0n) is 7.43. The monoisotopic (exact) mass is 154 g/mol. The Balaban J connectivity index is 2.97. The lowest BCUT2D eigenvalue weighted by molar-refractivity contribution is 0.538. The van der Waals surface area contributed by atoms with Gasteiger partial charge in [-0.15, -0.1) is 0 Å². The van der Waals surface area contributed by atoms with Gasteiger partial charge in [0.1, 0.15) is 5.76 Å². The highest BCUT2D eigenvalue weighted by atomic mass is 16.4. The van der Waals surface area contributed by atoms with Gasteiger partial charge >= 0.3 is 0 Å². The summed E-state index contributed by atoms with van der Waals surface area (Å²) in [5, 5.41) is 2.87. The Kier molecular flexibility index (Phi) is 2.17. The fourth-order valence-electron chi connectivity index (χ4n) is 1.05. The van der Waals surface area contributed by atoms with Crippen molar-refractivity contribution in [2.75, 3.05) is 12.4 Å². The van der Waals surface area contributed by atoms with Crippen molar-refractivity contribution >= 4 is 6.01 Å². The van der Waals surface area contributed by atoms with Gasteiger partial charge in [-0.25, -0.2) is 0 Å². The molecule has 11 heavy (non-hydrogen) atoms. The summed E-state index contributed by atoms with van der Waals surface area (Å²) in [4.78, 5) is 4.25. The molecule has 0 atom stereocenters. The van der Waals surface area contributed by atoms with Crippen LogP contribution in [0.15, 0.2) is 4.42 Å². The van der Waals surface area contributed by atoms with Crippen molar-refractivity contribution in [2.45, 2.75) is 26.7 Å². The predicted molar refractivity (Wildman–Crippen MR) is 44.9 cm³/mol. The Morgan fingerprint density at radius 3 is 2.36 bits per heavy atom. The van der Waals surface area contributed by atoms with Crippen molar-refractivity contribution < 1.29 is 4.42 Å². The van der Waals surface area contributed by atoms with E-state index >= 15 is 0 Å². The summed E-state index contributed by atoms with van der Waals surface area (Å²) in [6.07, 6.45) is 0. The molecule has 0 amide bonds. The molecule has 0 saturated carbocycles. The third-order valence-electron chi connectivity index (χ3n) is 1.59. The van der Waals surface area contributed by atoms with E-state index in [1.165, 1.54) is 0 Å². The molecular formula is C8H14N2O. The highest BCUT2D eigenvalue weighted by Crippen LogP contribution is 2.20. The van der Waals surface area contributed by atoms with Gasteiger partial charge in [0.25, 0.3) is 6.01 Å². The summed E-state index contributed by atoms with van der Waals surface area (Å²) in [6, 6.07) is 0.603. The Hall–Kier alpha value is -0.990. The van der Waals surface area contributed by atoms with Crippen molar-refractivity contribution in [2.24, 2.45) is 0 Å². The van der Waals surface area contributed by atoms with Gasteiger partial charge in [-0.2, -0.15) is 4.98 Å². The first-order valence-electron chi connectivity index (χ1n) is 3.80. The molecule has 3 nitrogen and oxygen atoms in total. The van der Waals surface area contributed by atoms with Crippen LogP contribution in [0.2, 0.25) is 0 Å². The molecule has 0 aliphatic heterocycles. The summed E-state index contributed by atoms with van der Waals surface area (Å²) in [7, 11) is 1.80. The van der Waals surface area contributed by atoms with Gasteiger partial charge in [-0.05, 0) is 12.8 Å². The van der Waals surface area contributed by atoms with Crippen molar-refractivity contribution in [3.05, 3.63) is 11.5 Å². The number of nitrogens with one attached hydrogen (secondary N) is 1. The molecule has 3 heteroatoms. The van der Waals surface area contributed by atoms with E-state index < -0.39 is 0 Å². The summed E-state index contributed by atoms with van der Waals surface area (Å²) in [5.41, 5.74) is 1.04. The van der Waals surface area contributed by atoms with Crippen LogP contribution < -0.4 is 5.32 Å². The first-order chi connectivity index (χ1) is 5.15. The minimum absolute atomic E-state index is 0.431. The van der Waals surface area contributed by atoms with E-state index in [1.54, 1.807) is 7.05 Å². The average Bonchev–Trinajstić information content (AvgIpc) is 2.30. The maximum atomic E-state index is 5.30. The summed E-state index contributed by atoms with van der Waals surface area (Å²) in [5.74, 6) is 1.34. The number of anilines is 1. The first-order valence-corrected chi connectivity index (χ1v) is 3.80. The van der Waals surface area contributed by atoms with Gasteiger partial charge in [0.05, 0.1) is 5.69 Å². The van der Waals surface area contributed by atoms with Crippen molar-refractivity contribution in [1.29, 1.82) is 0 Å². The SMILES string of the molecule is CNc1nc(C(C)C)c(C)o1. The second kappa shape index (κ2) is 2.95. The minimum Gasteiger partial charge on any atom is -0.429 e. The topological polar surface area (TPSA) is 38.1 Å². The standard InChI is InChI=1S/C8H14N2O/c1-5(2)7-6(3)11-8(9-4)10-7/h5H,1-4H3,(H,9,10). The van der Waals surface area contributed by atoms with E-state index in [0.29, 0.717) is 11.9 Å². The zero-order valence-corrected chi connectivity index (χ0v) is 7.43. The molecule has 1 N–H and O–H groups in total. The van der Waals surface area contributed by atoms with Crippen LogP contribution in [0.5, 0.6) is 0 Å². The fraction of sp³-hybridized carbons (Fsp3) is 0.625. The Bertz CT molecular complexity index is 240. The number of nitrogens with zero attached hydrogens (tertiary/aromatic N) is 1. The molecule has 1 aromatic rings. The molecule has 0 saturated heterocycles. The average molecular weight is 154 g/mol.